The largest absolute Gasteiger partial charge is 0.393 e. The number of Topliss-reactive ketones (excluding diaryl/α,β-unsaturated/α-hetero) is 1. The molecule has 4 saturated carbocycles. The highest BCUT2D eigenvalue weighted by Gasteiger charge is 2.62. The van der Waals surface area contributed by atoms with Gasteiger partial charge in [0.1, 0.15) is 0 Å². The molecule has 8 atom stereocenters. The number of hydrogen-bond acceptors (Lipinski definition) is 6. The number of methoxy groups -OCH3 is 1. The Morgan fingerprint density at radius 1 is 1.07 bits per heavy atom. The molecular weight excluding hydrogens is 378 g/mol. The van der Waals surface area contributed by atoms with Crippen molar-refractivity contribution in [2.45, 2.75) is 70.8 Å². The molecule has 1 heterocycles. The SMILES string of the molecule is COC[C@]12CC[C@@H](O)C[C@@H]1CC[C@H]1[C@@H]3CC[C@H](C(=O)CN4NCCN4)[C@@]3(C)CC[C@@H]12. The van der Waals surface area contributed by atoms with Crippen LogP contribution in [-0.2, 0) is 9.53 Å². The molecule has 0 aromatic heterocycles. The number of rotatable bonds is 5. The second-order valence-electron chi connectivity index (χ2n) is 11.3. The Morgan fingerprint density at radius 2 is 1.87 bits per heavy atom. The molecule has 6 nitrogen and oxygen atoms in total. The molecule has 5 rings (SSSR count). The summed E-state index contributed by atoms with van der Waals surface area (Å²) in [5.74, 6) is 3.34. The lowest BCUT2D eigenvalue weighted by Gasteiger charge is -2.61. The zero-order valence-corrected chi connectivity index (χ0v) is 18.9. The Labute approximate surface area is 181 Å². The molecule has 5 fully saturated rings. The molecule has 170 valence electrons. The van der Waals surface area contributed by atoms with E-state index < -0.39 is 0 Å². The Balaban J connectivity index is 1.35. The fourth-order valence-electron chi connectivity index (χ4n) is 8.92. The van der Waals surface area contributed by atoms with E-state index in [0.717, 1.165) is 51.3 Å². The van der Waals surface area contributed by atoms with Crippen molar-refractivity contribution in [3.8, 4) is 0 Å². The molecule has 0 aromatic carbocycles. The van der Waals surface area contributed by atoms with Gasteiger partial charge in [-0.3, -0.25) is 4.79 Å². The Hall–Kier alpha value is -0.530. The highest BCUT2D eigenvalue weighted by molar-refractivity contribution is 5.84. The Morgan fingerprint density at radius 3 is 2.63 bits per heavy atom. The lowest BCUT2D eigenvalue weighted by Crippen LogP contribution is -2.57. The molecule has 3 N–H and O–H groups in total. The highest BCUT2D eigenvalue weighted by atomic mass is 16.5. The lowest BCUT2D eigenvalue weighted by atomic mass is 9.44. The van der Waals surface area contributed by atoms with E-state index in [1.807, 2.05) is 12.2 Å². The van der Waals surface area contributed by atoms with Crippen molar-refractivity contribution in [1.82, 2.24) is 16.0 Å². The molecule has 0 spiro atoms. The molecule has 0 unspecified atom stereocenters. The van der Waals surface area contributed by atoms with Crippen molar-refractivity contribution < 1.29 is 14.6 Å². The average Bonchev–Trinajstić information content (AvgIpc) is 3.35. The maximum atomic E-state index is 13.3. The van der Waals surface area contributed by atoms with Crippen molar-refractivity contribution in [3.05, 3.63) is 0 Å². The number of fused-ring (bicyclic) bond motifs is 5. The van der Waals surface area contributed by atoms with Crippen LogP contribution in [-0.4, -0.2) is 55.5 Å². The fourth-order valence-corrected chi connectivity index (χ4v) is 8.92. The van der Waals surface area contributed by atoms with Crippen molar-refractivity contribution in [1.29, 1.82) is 0 Å². The molecule has 0 bridgehead atoms. The van der Waals surface area contributed by atoms with Gasteiger partial charge in [-0.1, -0.05) is 6.92 Å². The molecule has 30 heavy (non-hydrogen) atoms. The minimum atomic E-state index is -0.119. The van der Waals surface area contributed by atoms with Crippen LogP contribution in [0.25, 0.3) is 0 Å². The van der Waals surface area contributed by atoms with Crippen LogP contribution >= 0.6 is 0 Å². The van der Waals surface area contributed by atoms with Gasteiger partial charge in [-0.05, 0) is 92.3 Å². The van der Waals surface area contributed by atoms with Gasteiger partial charge >= 0.3 is 0 Å². The minimum Gasteiger partial charge on any atom is -0.393 e. The third-order valence-electron chi connectivity index (χ3n) is 10.2. The van der Waals surface area contributed by atoms with Crippen LogP contribution in [0.5, 0.6) is 0 Å². The molecule has 5 aliphatic rings. The van der Waals surface area contributed by atoms with Gasteiger partial charge in [0.05, 0.1) is 19.3 Å². The molecule has 0 radical (unpaired) electrons. The van der Waals surface area contributed by atoms with Gasteiger partial charge in [0.25, 0.3) is 0 Å². The fraction of sp³-hybridized carbons (Fsp3) is 0.958. The summed E-state index contributed by atoms with van der Waals surface area (Å²) in [7, 11) is 1.86. The summed E-state index contributed by atoms with van der Waals surface area (Å²) in [6.45, 7) is 5.57. The van der Waals surface area contributed by atoms with Crippen LogP contribution in [0.15, 0.2) is 0 Å². The number of carbonyl (C=O) groups is 1. The predicted octanol–water partition coefficient (Wildman–Crippen LogP) is 2.53. The van der Waals surface area contributed by atoms with Crippen molar-refractivity contribution in [2.75, 3.05) is 33.4 Å². The number of aliphatic hydroxyl groups is 1. The minimum absolute atomic E-state index is 0.119. The standard InChI is InChI=1S/C24H41N3O3/c1-23-9-8-20-18(4-3-16-13-17(28)7-10-24(16,20)15-30-2)19(23)5-6-21(23)22(29)14-27-25-11-12-26-27/h16-21,25-26,28H,3-15H2,1-2H3/t16-,17+,18-,19-,20-,21+,23-,24+/m0/s1. The topological polar surface area (TPSA) is 73.8 Å². The summed E-state index contributed by atoms with van der Waals surface area (Å²) in [6, 6.07) is 0. The van der Waals surface area contributed by atoms with Crippen LogP contribution in [0.1, 0.15) is 64.7 Å². The van der Waals surface area contributed by atoms with Crippen LogP contribution in [0.2, 0.25) is 0 Å². The maximum Gasteiger partial charge on any atom is 0.153 e. The third-order valence-corrected chi connectivity index (χ3v) is 10.2. The highest BCUT2D eigenvalue weighted by Crippen LogP contribution is 2.67. The van der Waals surface area contributed by atoms with E-state index in [9.17, 15) is 9.90 Å². The first-order chi connectivity index (χ1) is 14.5. The van der Waals surface area contributed by atoms with Gasteiger partial charge in [0, 0.05) is 26.1 Å². The van der Waals surface area contributed by atoms with E-state index in [1.165, 1.54) is 32.1 Å². The summed E-state index contributed by atoms with van der Waals surface area (Å²) in [5.41, 5.74) is 6.94. The van der Waals surface area contributed by atoms with Gasteiger partial charge in [0.15, 0.2) is 5.78 Å². The van der Waals surface area contributed by atoms with Crippen LogP contribution in [0, 0.1) is 40.4 Å². The molecule has 4 aliphatic carbocycles. The normalized spacial score (nSPS) is 48.8. The molecule has 6 heteroatoms. The second-order valence-corrected chi connectivity index (χ2v) is 11.3. The molecule has 1 saturated heterocycles. The Bertz CT molecular complexity index is 654. The summed E-state index contributed by atoms with van der Waals surface area (Å²) in [5, 5.41) is 12.2. The summed E-state index contributed by atoms with van der Waals surface area (Å²) in [6.07, 6.45) is 10.1. The number of ether oxygens (including phenoxy) is 1. The number of nitrogens with zero attached hydrogens (tertiary/aromatic N) is 1. The van der Waals surface area contributed by atoms with E-state index in [1.54, 1.807) is 0 Å². The van der Waals surface area contributed by atoms with E-state index in [0.29, 0.717) is 30.1 Å². The molecule has 0 aromatic rings. The average molecular weight is 420 g/mol. The number of hydrazine groups is 2. The summed E-state index contributed by atoms with van der Waals surface area (Å²) >= 11 is 0. The van der Waals surface area contributed by atoms with Gasteiger partial charge in [-0.25, -0.2) is 10.9 Å². The molecular formula is C24H41N3O3. The summed E-state index contributed by atoms with van der Waals surface area (Å²) in [4.78, 5) is 13.3. The first-order valence-corrected chi connectivity index (χ1v) is 12.4. The first-order valence-electron chi connectivity index (χ1n) is 12.4. The number of aliphatic hydroxyl groups excluding tert-OH is 1. The lowest BCUT2D eigenvalue weighted by molar-refractivity contribution is -0.161. The van der Waals surface area contributed by atoms with Crippen LogP contribution in [0.3, 0.4) is 0 Å². The van der Waals surface area contributed by atoms with E-state index in [4.69, 9.17) is 4.74 Å². The zero-order chi connectivity index (χ0) is 20.9. The number of ketones is 1. The monoisotopic (exact) mass is 419 g/mol. The second kappa shape index (κ2) is 8.11. The zero-order valence-electron chi connectivity index (χ0n) is 18.9. The van der Waals surface area contributed by atoms with Gasteiger partial charge in [0.2, 0.25) is 0 Å². The molecule has 0 amide bonds. The van der Waals surface area contributed by atoms with E-state index >= 15 is 0 Å². The predicted molar refractivity (Wildman–Crippen MR) is 115 cm³/mol. The summed E-state index contributed by atoms with van der Waals surface area (Å²) < 4.78 is 5.84. The smallest absolute Gasteiger partial charge is 0.153 e. The number of nitrogens with one attached hydrogen (secondary N) is 2. The van der Waals surface area contributed by atoms with E-state index in [2.05, 4.69) is 17.8 Å². The van der Waals surface area contributed by atoms with Gasteiger partial charge in [-0.2, -0.15) is 5.12 Å². The number of carbonyl (C=O) groups excluding carboxylic acids is 1. The van der Waals surface area contributed by atoms with E-state index in [-0.39, 0.29) is 22.9 Å². The van der Waals surface area contributed by atoms with Crippen molar-refractivity contribution >= 4 is 5.78 Å². The quantitative estimate of drug-likeness (QED) is 0.636. The first kappa shape index (κ1) is 21.3. The van der Waals surface area contributed by atoms with Crippen molar-refractivity contribution in [3.63, 3.8) is 0 Å². The third kappa shape index (κ3) is 3.29. The van der Waals surface area contributed by atoms with Gasteiger partial charge in [-0.15, -0.1) is 0 Å². The Kier molecular flexibility index (Phi) is 5.76. The maximum absolute atomic E-state index is 13.3. The molecule has 1 aliphatic heterocycles. The van der Waals surface area contributed by atoms with Crippen LogP contribution < -0.4 is 10.9 Å². The van der Waals surface area contributed by atoms with Crippen molar-refractivity contribution in [2.24, 2.45) is 40.4 Å². The van der Waals surface area contributed by atoms with Crippen LogP contribution in [0.4, 0.5) is 0 Å². The number of hydrogen-bond donors (Lipinski definition) is 3. The van der Waals surface area contributed by atoms with Gasteiger partial charge < -0.3 is 9.84 Å².